The maximum absolute atomic E-state index is 9.35. The van der Waals surface area contributed by atoms with Gasteiger partial charge in [0, 0.05) is 5.92 Å². The van der Waals surface area contributed by atoms with Gasteiger partial charge in [0.1, 0.15) is 0 Å². The molecule has 0 spiro atoms. The van der Waals surface area contributed by atoms with Gasteiger partial charge in [-0.05, 0) is 31.9 Å². The molecule has 0 unspecified atom stereocenters. The van der Waals surface area contributed by atoms with Gasteiger partial charge in [-0.25, -0.2) is 0 Å². The van der Waals surface area contributed by atoms with Crippen LogP contribution in [0.1, 0.15) is 37.5 Å². The number of hydrogen-bond donors (Lipinski definition) is 1. The summed E-state index contributed by atoms with van der Waals surface area (Å²) in [5, 5.41) is 17.9. The van der Waals surface area contributed by atoms with E-state index in [1.165, 1.54) is 11.8 Å². The fraction of sp³-hybridized carbons (Fsp3) is 0.778. The highest BCUT2D eigenvalue weighted by atomic mass is 32.2. The summed E-state index contributed by atoms with van der Waals surface area (Å²) in [5.74, 6) is 1.09. The SMILES string of the molecule is CSc1nnc(C2CCC(O)CC2)o1. The van der Waals surface area contributed by atoms with Crippen LogP contribution in [0.5, 0.6) is 0 Å². The van der Waals surface area contributed by atoms with Gasteiger partial charge < -0.3 is 9.52 Å². The van der Waals surface area contributed by atoms with E-state index < -0.39 is 0 Å². The summed E-state index contributed by atoms with van der Waals surface area (Å²) in [6.07, 6.45) is 5.40. The van der Waals surface area contributed by atoms with Gasteiger partial charge in [-0.2, -0.15) is 0 Å². The van der Waals surface area contributed by atoms with Gasteiger partial charge in [-0.1, -0.05) is 11.8 Å². The summed E-state index contributed by atoms with van der Waals surface area (Å²) in [5.41, 5.74) is 0. The summed E-state index contributed by atoms with van der Waals surface area (Å²) in [4.78, 5) is 0. The topological polar surface area (TPSA) is 59.2 Å². The maximum atomic E-state index is 9.35. The van der Waals surface area contributed by atoms with Crippen molar-refractivity contribution < 1.29 is 9.52 Å². The molecular formula is C9H14N2O2S. The molecule has 0 aliphatic heterocycles. The van der Waals surface area contributed by atoms with Crippen LogP contribution in [0.15, 0.2) is 9.64 Å². The van der Waals surface area contributed by atoms with Crippen LogP contribution in [0.3, 0.4) is 0 Å². The third kappa shape index (κ3) is 2.09. The average molecular weight is 214 g/mol. The lowest BCUT2D eigenvalue weighted by molar-refractivity contribution is 0.117. The molecule has 1 aliphatic carbocycles. The summed E-state index contributed by atoms with van der Waals surface area (Å²) in [6, 6.07) is 0. The number of nitrogens with zero attached hydrogens (tertiary/aromatic N) is 2. The van der Waals surface area contributed by atoms with Crippen molar-refractivity contribution in [3.8, 4) is 0 Å². The first-order valence-electron chi connectivity index (χ1n) is 4.85. The van der Waals surface area contributed by atoms with Crippen molar-refractivity contribution in [2.75, 3.05) is 6.26 Å². The molecule has 0 atom stereocenters. The Bertz CT molecular complexity index is 295. The summed E-state index contributed by atoms with van der Waals surface area (Å²) in [6.45, 7) is 0. The van der Waals surface area contributed by atoms with Crippen molar-refractivity contribution in [1.82, 2.24) is 10.2 Å². The van der Waals surface area contributed by atoms with Gasteiger partial charge >= 0.3 is 0 Å². The van der Waals surface area contributed by atoms with Gasteiger partial charge in [0.25, 0.3) is 5.22 Å². The third-order valence-corrected chi connectivity index (χ3v) is 3.16. The van der Waals surface area contributed by atoms with Crippen LogP contribution in [-0.2, 0) is 0 Å². The molecule has 0 bridgehead atoms. The quantitative estimate of drug-likeness (QED) is 0.761. The van der Waals surface area contributed by atoms with E-state index in [-0.39, 0.29) is 6.10 Å². The Balaban J connectivity index is 2.01. The van der Waals surface area contributed by atoms with Gasteiger partial charge in [-0.15, -0.1) is 10.2 Å². The van der Waals surface area contributed by atoms with Crippen LogP contribution in [-0.4, -0.2) is 27.7 Å². The molecule has 4 nitrogen and oxygen atoms in total. The minimum absolute atomic E-state index is 0.130. The average Bonchev–Trinajstić information content (AvgIpc) is 2.67. The molecule has 5 heteroatoms. The number of thioether (sulfide) groups is 1. The molecule has 1 aromatic rings. The zero-order valence-electron chi connectivity index (χ0n) is 8.14. The predicted octanol–water partition coefficient (Wildman–Crippen LogP) is 1.81. The molecule has 1 aromatic heterocycles. The molecule has 0 amide bonds. The van der Waals surface area contributed by atoms with Crippen molar-refractivity contribution >= 4 is 11.8 Å². The molecule has 1 N–H and O–H groups in total. The fourth-order valence-electron chi connectivity index (χ4n) is 1.79. The summed E-state index contributed by atoms with van der Waals surface area (Å²) in [7, 11) is 0. The van der Waals surface area contributed by atoms with Crippen molar-refractivity contribution in [1.29, 1.82) is 0 Å². The van der Waals surface area contributed by atoms with Crippen LogP contribution >= 0.6 is 11.8 Å². The van der Waals surface area contributed by atoms with Crippen LogP contribution in [0.4, 0.5) is 0 Å². The Morgan fingerprint density at radius 1 is 1.29 bits per heavy atom. The Kier molecular flexibility index (Phi) is 3.08. The second-order valence-electron chi connectivity index (χ2n) is 3.62. The molecular weight excluding hydrogens is 200 g/mol. The van der Waals surface area contributed by atoms with E-state index in [4.69, 9.17) is 4.42 Å². The lowest BCUT2D eigenvalue weighted by atomic mass is 9.87. The molecule has 1 heterocycles. The highest BCUT2D eigenvalue weighted by molar-refractivity contribution is 7.98. The van der Waals surface area contributed by atoms with Crippen molar-refractivity contribution in [2.24, 2.45) is 0 Å². The minimum Gasteiger partial charge on any atom is -0.416 e. The van der Waals surface area contributed by atoms with Crippen LogP contribution in [0.2, 0.25) is 0 Å². The summed E-state index contributed by atoms with van der Waals surface area (Å²) >= 11 is 1.46. The van der Waals surface area contributed by atoms with Gasteiger partial charge in [0.05, 0.1) is 6.10 Å². The second kappa shape index (κ2) is 4.31. The Hall–Kier alpha value is -0.550. The van der Waals surface area contributed by atoms with E-state index in [0.29, 0.717) is 11.1 Å². The molecule has 2 rings (SSSR count). The van der Waals surface area contributed by atoms with Gasteiger partial charge in [0.15, 0.2) is 0 Å². The molecule has 0 aromatic carbocycles. The zero-order valence-corrected chi connectivity index (χ0v) is 8.96. The first-order chi connectivity index (χ1) is 6.79. The zero-order chi connectivity index (χ0) is 9.97. The van der Waals surface area contributed by atoms with Gasteiger partial charge in [0.2, 0.25) is 5.89 Å². The molecule has 14 heavy (non-hydrogen) atoms. The second-order valence-corrected chi connectivity index (χ2v) is 4.37. The van der Waals surface area contributed by atoms with Crippen molar-refractivity contribution in [2.45, 2.75) is 42.9 Å². The number of aliphatic hydroxyl groups is 1. The number of hydrogen-bond acceptors (Lipinski definition) is 5. The standard InChI is InChI=1S/C9H14N2O2S/c1-14-9-11-10-8(13-9)6-2-4-7(12)5-3-6/h6-7,12H,2-5H2,1H3. The van der Waals surface area contributed by atoms with E-state index in [1.54, 1.807) is 0 Å². The third-order valence-electron chi connectivity index (χ3n) is 2.64. The van der Waals surface area contributed by atoms with Crippen LogP contribution in [0, 0.1) is 0 Å². The monoisotopic (exact) mass is 214 g/mol. The first kappa shape index (κ1) is 9.98. The molecule has 78 valence electrons. The number of rotatable bonds is 2. The molecule has 1 fully saturated rings. The smallest absolute Gasteiger partial charge is 0.276 e. The molecule has 1 saturated carbocycles. The van der Waals surface area contributed by atoms with E-state index >= 15 is 0 Å². The molecule has 0 saturated heterocycles. The Morgan fingerprint density at radius 3 is 2.57 bits per heavy atom. The minimum atomic E-state index is -0.130. The number of aliphatic hydroxyl groups excluding tert-OH is 1. The molecule has 1 aliphatic rings. The van der Waals surface area contributed by atoms with Crippen LogP contribution < -0.4 is 0 Å². The lowest BCUT2D eigenvalue weighted by Crippen LogP contribution is -2.17. The van der Waals surface area contributed by atoms with Crippen molar-refractivity contribution in [3.63, 3.8) is 0 Å². The van der Waals surface area contributed by atoms with E-state index in [1.807, 2.05) is 6.26 Å². The van der Waals surface area contributed by atoms with E-state index in [9.17, 15) is 5.11 Å². The Labute approximate surface area is 87.1 Å². The van der Waals surface area contributed by atoms with Crippen LogP contribution in [0.25, 0.3) is 0 Å². The van der Waals surface area contributed by atoms with Gasteiger partial charge in [-0.3, -0.25) is 0 Å². The first-order valence-corrected chi connectivity index (χ1v) is 6.07. The Morgan fingerprint density at radius 2 is 2.00 bits per heavy atom. The molecule has 0 radical (unpaired) electrons. The summed E-state index contributed by atoms with van der Waals surface area (Å²) < 4.78 is 5.47. The highest BCUT2D eigenvalue weighted by Crippen LogP contribution is 2.32. The number of aromatic nitrogens is 2. The van der Waals surface area contributed by atoms with Crippen molar-refractivity contribution in [3.05, 3.63) is 5.89 Å². The predicted molar refractivity (Wildman–Crippen MR) is 53.3 cm³/mol. The highest BCUT2D eigenvalue weighted by Gasteiger charge is 2.24. The lowest BCUT2D eigenvalue weighted by Gasteiger charge is -2.22. The van der Waals surface area contributed by atoms with E-state index in [0.717, 1.165) is 31.6 Å². The maximum Gasteiger partial charge on any atom is 0.276 e. The fourth-order valence-corrected chi connectivity index (χ4v) is 2.08. The van der Waals surface area contributed by atoms with E-state index in [2.05, 4.69) is 10.2 Å². The largest absolute Gasteiger partial charge is 0.416 e. The normalized spacial score (nSPS) is 27.9.